The fourth-order valence-electron chi connectivity index (χ4n) is 4.24. The van der Waals surface area contributed by atoms with Gasteiger partial charge in [-0.3, -0.25) is 4.98 Å². The van der Waals surface area contributed by atoms with Crippen molar-refractivity contribution in [3.8, 4) is 0 Å². The van der Waals surface area contributed by atoms with E-state index in [1.807, 2.05) is 18.2 Å². The molecule has 0 spiro atoms. The lowest BCUT2D eigenvalue weighted by Gasteiger charge is -2.39. The molecule has 146 valence electrons. The van der Waals surface area contributed by atoms with Crippen molar-refractivity contribution in [2.24, 2.45) is 5.92 Å². The zero-order valence-corrected chi connectivity index (χ0v) is 17.1. The smallest absolute Gasteiger partial charge is 0.242 e. The number of nitrogens with one attached hydrogen (secondary N) is 1. The molecule has 1 unspecified atom stereocenters. The monoisotopic (exact) mass is 405 g/mol. The average molecular weight is 406 g/mol. The number of fused-ring (bicyclic) bond motifs is 1. The van der Waals surface area contributed by atoms with Crippen molar-refractivity contribution >= 4 is 32.7 Å². The van der Waals surface area contributed by atoms with Crippen LogP contribution in [0.3, 0.4) is 0 Å². The van der Waals surface area contributed by atoms with E-state index in [1.165, 1.54) is 24.3 Å². The first-order valence-corrected chi connectivity index (χ1v) is 12.4. The van der Waals surface area contributed by atoms with E-state index in [2.05, 4.69) is 26.4 Å². The summed E-state index contributed by atoms with van der Waals surface area (Å²) < 4.78 is 28.7. The van der Waals surface area contributed by atoms with Crippen LogP contribution < -0.4 is 4.72 Å². The standard InChI is InChI=1S/C20H27N3O2S2/c24-27(25,19-7-1-5-17-6-2-10-21-20(17)19)22-14-16-4-3-11-23(15-16)18-8-12-26-13-9-18/h1-2,5-7,10,16,18,22H,3-4,8-9,11-15H2. The molecular weight excluding hydrogens is 378 g/mol. The second-order valence-electron chi connectivity index (χ2n) is 7.53. The topological polar surface area (TPSA) is 62.3 Å². The van der Waals surface area contributed by atoms with Crippen LogP contribution in [0.5, 0.6) is 0 Å². The average Bonchev–Trinajstić information content (AvgIpc) is 2.73. The van der Waals surface area contributed by atoms with Crippen LogP contribution in [0, 0.1) is 5.92 Å². The Bertz CT molecular complexity index is 876. The van der Waals surface area contributed by atoms with E-state index in [-0.39, 0.29) is 4.90 Å². The Labute approximate surface area is 166 Å². The number of sulfonamides is 1. The number of thioether (sulfide) groups is 1. The SMILES string of the molecule is O=S(=O)(NCC1CCCN(C2CCSCC2)C1)c1cccc2cccnc12. The van der Waals surface area contributed by atoms with Crippen molar-refractivity contribution in [1.29, 1.82) is 0 Å². The summed E-state index contributed by atoms with van der Waals surface area (Å²) in [7, 11) is -3.56. The van der Waals surface area contributed by atoms with Gasteiger partial charge in [-0.25, -0.2) is 13.1 Å². The van der Waals surface area contributed by atoms with Crippen LogP contribution in [0.15, 0.2) is 41.4 Å². The Morgan fingerprint density at radius 1 is 1.15 bits per heavy atom. The maximum Gasteiger partial charge on any atom is 0.242 e. The van der Waals surface area contributed by atoms with Gasteiger partial charge in [0.25, 0.3) is 0 Å². The van der Waals surface area contributed by atoms with Crippen LogP contribution >= 0.6 is 11.8 Å². The molecule has 2 saturated heterocycles. The molecule has 1 atom stereocenters. The molecule has 2 aliphatic rings. The maximum atomic E-state index is 12.9. The number of piperidine rings is 1. The number of benzene rings is 1. The number of likely N-dealkylation sites (tertiary alicyclic amines) is 1. The molecule has 7 heteroatoms. The van der Waals surface area contributed by atoms with Gasteiger partial charge in [0, 0.05) is 30.7 Å². The van der Waals surface area contributed by atoms with E-state index in [4.69, 9.17) is 0 Å². The quantitative estimate of drug-likeness (QED) is 0.828. The van der Waals surface area contributed by atoms with Crippen molar-refractivity contribution in [2.45, 2.75) is 36.6 Å². The third kappa shape index (κ3) is 4.47. The molecule has 5 nitrogen and oxygen atoms in total. The lowest BCUT2D eigenvalue weighted by molar-refractivity contribution is 0.118. The van der Waals surface area contributed by atoms with E-state index < -0.39 is 10.0 Å². The number of hydrogen-bond acceptors (Lipinski definition) is 5. The van der Waals surface area contributed by atoms with Gasteiger partial charge in [-0.1, -0.05) is 18.2 Å². The summed E-state index contributed by atoms with van der Waals surface area (Å²) >= 11 is 2.05. The van der Waals surface area contributed by atoms with E-state index in [9.17, 15) is 8.42 Å². The van der Waals surface area contributed by atoms with Crippen molar-refractivity contribution < 1.29 is 8.42 Å². The minimum Gasteiger partial charge on any atom is -0.300 e. The fraction of sp³-hybridized carbons (Fsp3) is 0.550. The van der Waals surface area contributed by atoms with Gasteiger partial charge in [0.2, 0.25) is 10.0 Å². The van der Waals surface area contributed by atoms with Crippen LogP contribution in [-0.2, 0) is 10.0 Å². The summed E-state index contributed by atoms with van der Waals surface area (Å²) in [5.74, 6) is 2.89. The zero-order chi connectivity index (χ0) is 18.7. The van der Waals surface area contributed by atoms with E-state index >= 15 is 0 Å². The molecule has 1 N–H and O–H groups in total. The third-order valence-electron chi connectivity index (χ3n) is 5.70. The molecule has 1 aromatic carbocycles. The molecule has 2 fully saturated rings. The van der Waals surface area contributed by atoms with Gasteiger partial charge in [-0.05, 0) is 61.8 Å². The van der Waals surface area contributed by atoms with Gasteiger partial charge in [-0.2, -0.15) is 11.8 Å². The molecule has 0 radical (unpaired) electrons. The largest absolute Gasteiger partial charge is 0.300 e. The van der Waals surface area contributed by atoms with Crippen LogP contribution in [0.4, 0.5) is 0 Å². The van der Waals surface area contributed by atoms with Gasteiger partial charge >= 0.3 is 0 Å². The summed E-state index contributed by atoms with van der Waals surface area (Å²) in [5.41, 5.74) is 0.539. The van der Waals surface area contributed by atoms with Gasteiger partial charge in [0.1, 0.15) is 4.90 Å². The minimum atomic E-state index is -3.56. The summed E-state index contributed by atoms with van der Waals surface area (Å²) in [5, 5.41) is 0.847. The number of aromatic nitrogens is 1. The number of hydrogen-bond donors (Lipinski definition) is 1. The van der Waals surface area contributed by atoms with Gasteiger partial charge < -0.3 is 4.90 Å². The fourth-order valence-corrected chi connectivity index (χ4v) is 6.62. The van der Waals surface area contributed by atoms with Crippen molar-refractivity contribution in [3.05, 3.63) is 36.5 Å². The first kappa shape index (κ1) is 19.2. The summed E-state index contributed by atoms with van der Waals surface area (Å²) in [4.78, 5) is 7.16. The number of nitrogens with zero attached hydrogens (tertiary/aromatic N) is 2. The predicted octanol–water partition coefficient (Wildman–Crippen LogP) is 3.12. The van der Waals surface area contributed by atoms with E-state index in [1.54, 1.807) is 18.3 Å². The number of para-hydroxylation sites is 1. The number of rotatable bonds is 5. The highest BCUT2D eigenvalue weighted by Crippen LogP contribution is 2.27. The summed E-state index contributed by atoms with van der Waals surface area (Å²) in [6.07, 6.45) is 6.43. The zero-order valence-electron chi connectivity index (χ0n) is 15.5. The molecule has 0 amide bonds. The van der Waals surface area contributed by atoms with Crippen molar-refractivity contribution in [1.82, 2.24) is 14.6 Å². The molecule has 27 heavy (non-hydrogen) atoms. The molecular formula is C20H27N3O2S2. The van der Waals surface area contributed by atoms with Crippen LogP contribution in [0.1, 0.15) is 25.7 Å². The highest BCUT2D eigenvalue weighted by Gasteiger charge is 2.28. The second kappa shape index (κ2) is 8.47. The Hall–Kier alpha value is -1.15. The normalized spacial score (nSPS) is 22.9. The number of pyridine rings is 1. The first-order chi connectivity index (χ1) is 13.1. The molecule has 3 heterocycles. The molecule has 0 bridgehead atoms. The van der Waals surface area contributed by atoms with Gasteiger partial charge in [-0.15, -0.1) is 0 Å². The molecule has 4 rings (SSSR count). The van der Waals surface area contributed by atoms with Gasteiger partial charge in [0.05, 0.1) is 5.52 Å². The first-order valence-electron chi connectivity index (χ1n) is 9.79. The Balaban J connectivity index is 1.42. The molecule has 2 aliphatic heterocycles. The second-order valence-corrected chi connectivity index (χ2v) is 10.5. The highest BCUT2D eigenvalue weighted by molar-refractivity contribution is 7.99. The highest BCUT2D eigenvalue weighted by atomic mass is 32.2. The van der Waals surface area contributed by atoms with Crippen LogP contribution in [0.2, 0.25) is 0 Å². The van der Waals surface area contributed by atoms with E-state index in [0.717, 1.165) is 31.3 Å². The lowest BCUT2D eigenvalue weighted by Crippen LogP contribution is -2.46. The van der Waals surface area contributed by atoms with Crippen LogP contribution in [-0.4, -0.2) is 55.5 Å². The maximum absolute atomic E-state index is 12.9. The third-order valence-corrected chi connectivity index (χ3v) is 8.21. The van der Waals surface area contributed by atoms with E-state index in [0.29, 0.717) is 24.0 Å². The Morgan fingerprint density at radius 2 is 1.96 bits per heavy atom. The molecule has 2 aromatic rings. The van der Waals surface area contributed by atoms with Crippen LogP contribution in [0.25, 0.3) is 10.9 Å². The lowest BCUT2D eigenvalue weighted by atomic mass is 9.95. The Morgan fingerprint density at radius 3 is 2.81 bits per heavy atom. The van der Waals surface area contributed by atoms with Crippen molar-refractivity contribution in [2.75, 3.05) is 31.1 Å². The predicted molar refractivity (Wildman–Crippen MR) is 112 cm³/mol. The summed E-state index contributed by atoms with van der Waals surface area (Å²) in [6.45, 7) is 2.67. The van der Waals surface area contributed by atoms with Crippen molar-refractivity contribution in [3.63, 3.8) is 0 Å². The minimum absolute atomic E-state index is 0.276. The molecule has 1 aromatic heterocycles. The Kier molecular flexibility index (Phi) is 6.02. The summed E-state index contributed by atoms with van der Waals surface area (Å²) in [6, 6.07) is 9.72. The molecule has 0 saturated carbocycles. The van der Waals surface area contributed by atoms with Gasteiger partial charge in [0.15, 0.2) is 0 Å². The molecule has 0 aliphatic carbocycles.